The van der Waals surface area contributed by atoms with Crippen molar-refractivity contribution in [2.75, 3.05) is 0 Å². The molecule has 0 saturated carbocycles. The maximum absolute atomic E-state index is 12.9. The third kappa shape index (κ3) is 4.15. The fraction of sp³-hybridized carbons (Fsp3) is 0.304. The summed E-state index contributed by atoms with van der Waals surface area (Å²) >= 11 is 0. The van der Waals surface area contributed by atoms with Gasteiger partial charge in [-0.25, -0.2) is 9.97 Å². The Morgan fingerprint density at radius 3 is 2.45 bits per heavy atom. The minimum atomic E-state index is -4.41. The van der Waals surface area contributed by atoms with E-state index in [2.05, 4.69) is 21.6 Å². The number of hydrogen-bond acceptors (Lipinski definition) is 4. The maximum atomic E-state index is 12.9. The zero-order valence-corrected chi connectivity index (χ0v) is 17.2. The van der Waals surface area contributed by atoms with Crippen molar-refractivity contribution >= 4 is 5.78 Å². The summed E-state index contributed by atoms with van der Waals surface area (Å²) < 4.78 is 40.5. The number of nitrogens with zero attached hydrogens (tertiary/aromatic N) is 4. The number of fused-ring (bicyclic) bond motifs is 1. The van der Waals surface area contributed by atoms with Crippen LogP contribution in [0.15, 0.2) is 48.7 Å². The van der Waals surface area contributed by atoms with Gasteiger partial charge in [-0.3, -0.25) is 9.48 Å². The number of rotatable bonds is 4. The van der Waals surface area contributed by atoms with Gasteiger partial charge in [0.05, 0.1) is 11.3 Å². The van der Waals surface area contributed by atoms with Crippen molar-refractivity contribution in [2.45, 2.75) is 32.4 Å². The number of halogens is 3. The van der Waals surface area contributed by atoms with E-state index in [-0.39, 0.29) is 11.7 Å². The highest BCUT2D eigenvalue weighted by atomic mass is 19.4. The molecular weight excluding hydrogens is 405 g/mol. The minimum absolute atomic E-state index is 0.0136. The molecular formula is C23H21F3N4O. The van der Waals surface area contributed by atoms with Crippen LogP contribution in [0.1, 0.15) is 30.2 Å². The van der Waals surface area contributed by atoms with E-state index < -0.39 is 11.7 Å². The van der Waals surface area contributed by atoms with Crippen LogP contribution in [-0.2, 0) is 30.9 Å². The molecule has 1 aliphatic carbocycles. The molecule has 31 heavy (non-hydrogen) atoms. The maximum Gasteiger partial charge on any atom is 0.416 e. The van der Waals surface area contributed by atoms with Crippen LogP contribution in [-0.4, -0.2) is 25.5 Å². The van der Waals surface area contributed by atoms with E-state index in [9.17, 15) is 18.0 Å². The van der Waals surface area contributed by atoms with E-state index in [1.54, 1.807) is 24.9 Å². The van der Waals surface area contributed by atoms with Crippen molar-refractivity contribution in [2.24, 2.45) is 13.0 Å². The summed E-state index contributed by atoms with van der Waals surface area (Å²) in [6.07, 6.45) is -0.876. The zero-order valence-electron chi connectivity index (χ0n) is 17.2. The largest absolute Gasteiger partial charge is 0.416 e. The van der Waals surface area contributed by atoms with Crippen molar-refractivity contribution < 1.29 is 18.0 Å². The molecule has 3 aromatic rings. The first-order chi connectivity index (χ1) is 14.6. The van der Waals surface area contributed by atoms with Crippen LogP contribution in [0.5, 0.6) is 0 Å². The first-order valence-corrected chi connectivity index (χ1v) is 9.90. The Kier molecular flexibility index (Phi) is 5.24. The van der Waals surface area contributed by atoms with Gasteiger partial charge in [0.25, 0.3) is 0 Å². The van der Waals surface area contributed by atoms with Gasteiger partial charge in [0.2, 0.25) is 0 Å². The molecule has 0 saturated heterocycles. The average molecular weight is 426 g/mol. The monoisotopic (exact) mass is 426 g/mol. The van der Waals surface area contributed by atoms with Crippen molar-refractivity contribution in [3.63, 3.8) is 0 Å². The number of alkyl halides is 3. The highest BCUT2D eigenvalue weighted by Crippen LogP contribution is 2.35. The molecule has 160 valence electrons. The van der Waals surface area contributed by atoms with Gasteiger partial charge in [-0.1, -0.05) is 18.7 Å². The number of benzene rings is 1. The molecule has 0 aliphatic heterocycles. The Morgan fingerprint density at radius 2 is 1.87 bits per heavy atom. The molecule has 0 radical (unpaired) electrons. The van der Waals surface area contributed by atoms with Gasteiger partial charge in [-0.15, -0.1) is 0 Å². The van der Waals surface area contributed by atoms with E-state index in [1.807, 2.05) is 6.07 Å². The number of allylic oxidation sites excluding steroid dienone is 1. The lowest BCUT2D eigenvalue weighted by Gasteiger charge is -2.25. The Bertz CT molecular complexity index is 1160. The third-order valence-corrected chi connectivity index (χ3v) is 5.49. The topological polar surface area (TPSA) is 60.7 Å². The molecule has 8 heteroatoms. The van der Waals surface area contributed by atoms with Gasteiger partial charge in [0.1, 0.15) is 5.69 Å². The van der Waals surface area contributed by atoms with Crippen molar-refractivity contribution in [1.82, 2.24) is 19.7 Å². The van der Waals surface area contributed by atoms with Crippen LogP contribution in [0.3, 0.4) is 0 Å². The summed E-state index contributed by atoms with van der Waals surface area (Å²) in [5.74, 6) is 0.119. The molecule has 1 atom stereocenters. The molecule has 1 aromatic carbocycles. The molecule has 1 aliphatic rings. The molecule has 0 bridgehead atoms. The van der Waals surface area contributed by atoms with Crippen molar-refractivity contribution in [1.29, 1.82) is 0 Å². The Labute approximate surface area is 177 Å². The lowest BCUT2D eigenvalue weighted by molar-refractivity contribution is -0.137. The quantitative estimate of drug-likeness (QED) is 0.562. The van der Waals surface area contributed by atoms with E-state index in [4.69, 9.17) is 0 Å². The second-order valence-electron chi connectivity index (χ2n) is 7.86. The summed E-state index contributed by atoms with van der Waals surface area (Å²) in [6, 6.07) is 6.61. The third-order valence-electron chi connectivity index (χ3n) is 5.49. The number of aromatic nitrogens is 4. The summed E-state index contributed by atoms with van der Waals surface area (Å²) in [6.45, 7) is 5.46. The predicted octanol–water partition coefficient (Wildman–Crippen LogP) is 4.81. The number of carbonyl (C=O) groups excluding carboxylic acids is 1. The van der Waals surface area contributed by atoms with Crippen LogP contribution in [0.4, 0.5) is 13.2 Å². The molecule has 0 fully saturated rings. The van der Waals surface area contributed by atoms with Gasteiger partial charge < -0.3 is 0 Å². The van der Waals surface area contributed by atoms with E-state index in [0.717, 1.165) is 23.4 Å². The van der Waals surface area contributed by atoms with E-state index >= 15 is 0 Å². The predicted molar refractivity (Wildman–Crippen MR) is 110 cm³/mol. The fourth-order valence-corrected chi connectivity index (χ4v) is 3.88. The first kappa shape index (κ1) is 21.0. The SMILES string of the molecule is C=C(C)C(=O)C1CCc2c(nc(-c3ccc(C(F)(F)F)cc3)nc2-c2ccn(C)n2)C1. The Morgan fingerprint density at radius 1 is 1.16 bits per heavy atom. The molecule has 0 N–H and O–H groups in total. The molecule has 5 nitrogen and oxygen atoms in total. The van der Waals surface area contributed by atoms with Gasteiger partial charge in [-0.2, -0.15) is 18.3 Å². The molecule has 0 amide bonds. The van der Waals surface area contributed by atoms with E-state index in [0.29, 0.717) is 47.6 Å². The fourth-order valence-electron chi connectivity index (χ4n) is 3.88. The second kappa shape index (κ2) is 7.76. The molecule has 2 heterocycles. The van der Waals surface area contributed by atoms with Crippen LogP contribution in [0, 0.1) is 5.92 Å². The smallest absolute Gasteiger partial charge is 0.294 e. The van der Waals surface area contributed by atoms with Gasteiger partial charge in [0.15, 0.2) is 11.6 Å². The van der Waals surface area contributed by atoms with Crippen LogP contribution < -0.4 is 0 Å². The number of hydrogen-bond donors (Lipinski definition) is 0. The number of Topliss-reactive ketones (excluding diaryl/α,β-unsaturated/α-hetero) is 1. The van der Waals surface area contributed by atoms with Crippen molar-refractivity contribution in [3.05, 3.63) is 65.5 Å². The van der Waals surface area contributed by atoms with Gasteiger partial charge in [-0.05, 0) is 43.5 Å². The van der Waals surface area contributed by atoms with E-state index in [1.165, 1.54) is 12.1 Å². The molecule has 1 unspecified atom stereocenters. The minimum Gasteiger partial charge on any atom is -0.294 e. The molecule has 4 rings (SSSR count). The summed E-state index contributed by atoms with van der Waals surface area (Å²) in [4.78, 5) is 21.8. The summed E-state index contributed by atoms with van der Waals surface area (Å²) in [5, 5.41) is 4.45. The van der Waals surface area contributed by atoms with Gasteiger partial charge in [0, 0.05) is 42.4 Å². The Hall–Kier alpha value is -3.29. The Balaban J connectivity index is 1.81. The summed E-state index contributed by atoms with van der Waals surface area (Å²) in [5.41, 5.74) is 3.24. The molecule has 0 spiro atoms. The lowest BCUT2D eigenvalue weighted by Crippen LogP contribution is -2.25. The van der Waals surface area contributed by atoms with Crippen molar-refractivity contribution in [3.8, 4) is 22.8 Å². The zero-order chi connectivity index (χ0) is 22.3. The van der Waals surface area contributed by atoms with Crippen LogP contribution >= 0.6 is 0 Å². The number of carbonyl (C=O) groups is 1. The normalized spacial score (nSPS) is 16.1. The number of ketones is 1. The lowest BCUT2D eigenvalue weighted by atomic mass is 9.81. The average Bonchev–Trinajstić information content (AvgIpc) is 3.17. The second-order valence-corrected chi connectivity index (χ2v) is 7.86. The first-order valence-electron chi connectivity index (χ1n) is 9.90. The highest BCUT2D eigenvalue weighted by molar-refractivity contribution is 5.96. The highest BCUT2D eigenvalue weighted by Gasteiger charge is 2.31. The van der Waals surface area contributed by atoms with Crippen LogP contribution in [0.2, 0.25) is 0 Å². The number of aryl methyl sites for hydroxylation is 1. The summed E-state index contributed by atoms with van der Waals surface area (Å²) in [7, 11) is 1.80. The van der Waals surface area contributed by atoms with Gasteiger partial charge >= 0.3 is 6.18 Å². The standard InChI is InChI=1S/C23H21F3N4O/c1-13(2)21(31)15-6-9-17-19(12-15)27-22(28-20(17)18-10-11-30(3)29-18)14-4-7-16(8-5-14)23(24,25)26/h4-5,7-8,10-11,15H,1,6,9,12H2,2-3H3. The molecule has 2 aromatic heterocycles. The van der Waals surface area contributed by atoms with Crippen LogP contribution in [0.25, 0.3) is 22.8 Å².